The summed E-state index contributed by atoms with van der Waals surface area (Å²) in [5.74, 6) is 0.616. The number of rotatable bonds is 5. The minimum Gasteiger partial charge on any atom is -0.343 e. The van der Waals surface area contributed by atoms with Crippen molar-refractivity contribution in [2.75, 3.05) is 13.1 Å². The first-order chi connectivity index (χ1) is 12.0. The van der Waals surface area contributed by atoms with Crippen LogP contribution >= 0.6 is 11.3 Å². The van der Waals surface area contributed by atoms with E-state index in [0.717, 1.165) is 31.5 Å². The zero-order chi connectivity index (χ0) is 17.8. The van der Waals surface area contributed by atoms with Crippen LogP contribution in [0.25, 0.3) is 0 Å². The standard InChI is InChI=1S/C20H24N2O2S/c1-14-3-4-17(13-15(14)2)18(23)5-6-19(24)22-10-7-16(8-11-22)20-21-9-12-25-20/h3-4,9,12-13,16H,5-8,10-11H2,1-2H3. The van der Waals surface area contributed by atoms with Gasteiger partial charge >= 0.3 is 0 Å². The van der Waals surface area contributed by atoms with Crippen molar-refractivity contribution in [1.82, 2.24) is 9.88 Å². The molecule has 1 fully saturated rings. The zero-order valence-electron chi connectivity index (χ0n) is 14.8. The minimum atomic E-state index is 0.0501. The molecule has 1 saturated heterocycles. The van der Waals surface area contributed by atoms with Crippen LogP contribution in [-0.2, 0) is 4.79 Å². The number of Topliss-reactive ketones (excluding diaryl/α,β-unsaturated/α-hetero) is 1. The van der Waals surface area contributed by atoms with Crippen LogP contribution < -0.4 is 0 Å². The molecule has 0 atom stereocenters. The number of aryl methyl sites for hydroxylation is 2. The summed E-state index contributed by atoms with van der Waals surface area (Å²) >= 11 is 1.69. The number of carbonyl (C=O) groups excluding carboxylic acids is 2. The predicted molar refractivity (Wildman–Crippen MR) is 100 cm³/mol. The van der Waals surface area contributed by atoms with Crippen molar-refractivity contribution in [3.8, 4) is 0 Å². The highest BCUT2D eigenvalue weighted by atomic mass is 32.1. The van der Waals surface area contributed by atoms with Gasteiger partial charge in [0.25, 0.3) is 0 Å². The molecule has 132 valence electrons. The largest absolute Gasteiger partial charge is 0.343 e. The third-order valence-electron chi connectivity index (χ3n) is 5.04. The molecule has 0 N–H and O–H groups in total. The number of aromatic nitrogens is 1. The predicted octanol–water partition coefficient (Wildman–Crippen LogP) is 4.13. The number of ketones is 1. The summed E-state index contributed by atoms with van der Waals surface area (Å²) in [6.07, 6.45) is 4.35. The summed E-state index contributed by atoms with van der Waals surface area (Å²) in [5.41, 5.74) is 3.00. The van der Waals surface area contributed by atoms with Crippen LogP contribution in [0.3, 0.4) is 0 Å². The molecular weight excluding hydrogens is 332 g/mol. The van der Waals surface area contributed by atoms with Gasteiger partial charge in [-0.05, 0) is 43.9 Å². The van der Waals surface area contributed by atoms with Gasteiger partial charge in [0, 0.05) is 49.0 Å². The SMILES string of the molecule is Cc1ccc(C(=O)CCC(=O)N2CCC(c3nccs3)CC2)cc1C. The number of benzene rings is 1. The molecule has 1 amide bonds. The fourth-order valence-electron chi connectivity index (χ4n) is 3.25. The van der Waals surface area contributed by atoms with Gasteiger partial charge in [-0.15, -0.1) is 11.3 Å². The average Bonchev–Trinajstić information content (AvgIpc) is 3.16. The van der Waals surface area contributed by atoms with E-state index in [9.17, 15) is 9.59 Å². The van der Waals surface area contributed by atoms with Gasteiger partial charge in [0.2, 0.25) is 5.91 Å². The molecule has 3 rings (SSSR count). The molecular formula is C20H24N2O2S. The molecule has 2 aromatic rings. The zero-order valence-corrected chi connectivity index (χ0v) is 15.6. The third kappa shape index (κ3) is 4.34. The Bertz CT molecular complexity index is 747. The summed E-state index contributed by atoms with van der Waals surface area (Å²) in [6, 6.07) is 5.74. The highest BCUT2D eigenvalue weighted by Gasteiger charge is 2.25. The summed E-state index contributed by atoms with van der Waals surface area (Å²) in [6.45, 7) is 5.56. The minimum absolute atomic E-state index is 0.0501. The molecule has 1 aromatic heterocycles. The van der Waals surface area contributed by atoms with Crippen molar-refractivity contribution in [2.24, 2.45) is 0 Å². The molecule has 25 heavy (non-hydrogen) atoms. The molecule has 0 saturated carbocycles. The number of thiazole rings is 1. The highest BCUT2D eigenvalue weighted by Crippen LogP contribution is 2.29. The molecule has 0 spiro atoms. The lowest BCUT2D eigenvalue weighted by Gasteiger charge is -2.31. The lowest BCUT2D eigenvalue weighted by molar-refractivity contribution is -0.132. The van der Waals surface area contributed by atoms with E-state index in [2.05, 4.69) is 4.98 Å². The van der Waals surface area contributed by atoms with Crippen molar-refractivity contribution in [2.45, 2.75) is 45.4 Å². The average molecular weight is 356 g/mol. The number of likely N-dealkylation sites (tertiary alicyclic amines) is 1. The van der Waals surface area contributed by atoms with Crippen molar-refractivity contribution in [3.05, 3.63) is 51.5 Å². The van der Waals surface area contributed by atoms with Gasteiger partial charge in [-0.1, -0.05) is 12.1 Å². The third-order valence-corrected chi connectivity index (χ3v) is 5.98. The number of amides is 1. The number of hydrogen-bond donors (Lipinski definition) is 0. The second-order valence-corrected chi connectivity index (χ2v) is 7.67. The van der Waals surface area contributed by atoms with Crippen LogP contribution in [0.2, 0.25) is 0 Å². The Hall–Kier alpha value is -2.01. The topological polar surface area (TPSA) is 50.3 Å². The first kappa shape index (κ1) is 17.8. The molecule has 1 aliphatic rings. The molecule has 4 nitrogen and oxygen atoms in total. The van der Waals surface area contributed by atoms with Gasteiger partial charge in [0.15, 0.2) is 5.78 Å². The van der Waals surface area contributed by atoms with Gasteiger partial charge in [-0.3, -0.25) is 9.59 Å². The van der Waals surface area contributed by atoms with Crippen molar-refractivity contribution >= 4 is 23.0 Å². The van der Waals surface area contributed by atoms with E-state index in [1.54, 1.807) is 11.3 Å². The summed E-state index contributed by atoms with van der Waals surface area (Å²) in [7, 11) is 0. The van der Waals surface area contributed by atoms with E-state index in [4.69, 9.17) is 0 Å². The number of nitrogens with zero attached hydrogens (tertiary/aromatic N) is 2. The maximum atomic E-state index is 12.4. The Balaban J connectivity index is 1.48. The molecule has 0 unspecified atom stereocenters. The second-order valence-electron chi connectivity index (χ2n) is 6.75. The van der Waals surface area contributed by atoms with Crippen molar-refractivity contribution in [3.63, 3.8) is 0 Å². The van der Waals surface area contributed by atoms with Gasteiger partial charge < -0.3 is 4.90 Å². The van der Waals surface area contributed by atoms with Crippen molar-refractivity contribution in [1.29, 1.82) is 0 Å². The fourth-order valence-corrected chi connectivity index (χ4v) is 4.06. The fraction of sp³-hybridized carbons (Fsp3) is 0.450. The Morgan fingerprint density at radius 1 is 1.16 bits per heavy atom. The summed E-state index contributed by atoms with van der Waals surface area (Å²) < 4.78 is 0. The van der Waals surface area contributed by atoms with Crippen LogP contribution in [0.15, 0.2) is 29.8 Å². The van der Waals surface area contributed by atoms with Gasteiger partial charge in [-0.25, -0.2) is 4.98 Å². The van der Waals surface area contributed by atoms with Gasteiger partial charge in [0.05, 0.1) is 5.01 Å². The van der Waals surface area contributed by atoms with Gasteiger partial charge in [0.1, 0.15) is 0 Å². The van der Waals surface area contributed by atoms with E-state index in [1.165, 1.54) is 10.6 Å². The molecule has 5 heteroatoms. The smallest absolute Gasteiger partial charge is 0.223 e. The van der Waals surface area contributed by atoms with Crippen LogP contribution in [0.5, 0.6) is 0 Å². The normalized spacial score (nSPS) is 15.4. The maximum absolute atomic E-state index is 12.4. The van der Waals surface area contributed by atoms with Crippen LogP contribution in [0.4, 0.5) is 0 Å². The van der Waals surface area contributed by atoms with Crippen LogP contribution in [0.1, 0.15) is 58.1 Å². The maximum Gasteiger partial charge on any atom is 0.223 e. The van der Waals surface area contributed by atoms with Crippen molar-refractivity contribution < 1.29 is 9.59 Å². The molecule has 0 bridgehead atoms. The van der Waals surface area contributed by atoms with E-state index in [1.807, 2.05) is 48.5 Å². The molecule has 1 aromatic carbocycles. The molecule has 0 aliphatic carbocycles. The molecule has 2 heterocycles. The molecule has 0 radical (unpaired) electrons. The first-order valence-corrected chi connectivity index (χ1v) is 9.70. The summed E-state index contributed by atoms with van der Waals surface area (Å²) in [4.78, 5) is 31.0. The Morgan fingerprint density at radius 3 is 2.56 bits per heavy atom. The summed E-state index contributed by atoms with van der Waals surface area (Å²) in [5, 5.41) is 3.18. The van der Waals surface area contributed by atoms with E-state index >= 15 is 0 Å². The lowest BCUT2D eigenvalue weighted by Crippen LogP contribution is -2.38. The van der Waals surface area contributed by atoms with Crippen LogP contribution in [0, 0.1) is 13.8 Å². The Morgan fingerprint density at radius 2 is 1.92 bits per heavy atom. The van der Waals surface area contributed by atoms with E-state index < -0.39 is 0 Å². The van der Waals surface area contributed by atoms with E-state index in [0.29, 0.717) is 17.9 Å². The molecule has 1 aliphatic heterocycles. The van der Waals surface area contributed by atoms with Crippen LogP contribution in [-0.4, -0.2) is 34.7 Å². The number of hydrogen-bond acceptors (Lipinski definition) is 4. The Kier molecular flexibility index (Phi) is 5.63. The quantitative estimate of drug-likeness (QED) is 0.757. The highest BCUT2D eigenvalue weighted by molar-refractivity contribution is 7.09. The lowest BCUT2D eigenvalue weighted by atomic mass is 9.97. The monoisotopic (exact) mass is 356 g/mol. The first-order valence-electron chi connectivity index (χ1n) is 8.82. The number of carbonyl (C=O) groups is 2. The van der Waals surface area contributed by atoms with Gasteiger partial charge in [-0.2, -0.15) is 0 Å². The Labute approximate surface area is 152 Å². The second kappa shape index (κ2) is 7.91. The number of piperidine rings is 1. The van der Waals surface area contributed by atoms with E-state index in [-0.39, 0.29) is 18.1 Å².